The highest BCUT2D eigenvalue weighted by Crippen LogP contribution is 2.42. The maximum Gasteiger partial charge on any atom is 0.339 e. The fraction of sp³-hybridized carbons (Fsp3) is 0.294. The second-order valence-corrected chi connectivity index (χ2v) is 5.96. The number of aromatic nitrogens is 1. The van der Waals surface area contributed by atoms with E-state index >= 15 is 0 Å². The first-order chi connectivity index (χ1) is 10.2. The molecular formula is C17H16BrNO2. The molecule has 0 radical (unpaired) electrons. The van der Waals surface area contributed by atoms with E-state index in [0.29, 0.717) is 18.1 Å². The topological polar surface area (TPSA) is 39.2 Å². The quantitative estimate of drug-likeness (QED) is 0.762. The molecule has 1 aliphatic rings. The number of pyridine rings is 1. The van der Waals surface area contributed by atoms with E-state index in [1.807, 2.05) is 43.3 Å². The molecule has 4 heteroatoms. The van der Waals surface area contributed by atoms with Crippen LogP contribution in [0.25, 0.3) is 11.3 Å². The first-order valence-corrected chi connectivity index (χ1v) is 7.93. The Bertz CT molecular complexity index is 680. The summed E-state index contributed by atoms with van der Waals surface area (Å²) >= 11 is 3.55. The van der Waals surface area contributed by atoms with Gasteiger partial charge in [-0.2, -0.15) is 0 Å². The average molecular weight is 346 g/mol. The summed E-state index contributed by atoms with van der Waals surface area (Å²) in [5.74, 6) is 0.123. The molecular weight excluding hydrogens is 330 g/mol. The fourth-order valence-electron chi connectivity index (χ4n) is 2.34. The Balaban J connectivity index is 2.04. The monoisotopic (exact) mass is 345 g/mol. The molecule has 0 atom stereocenters. The summed E-state index contributed by atoms with van der Waals surface area (Å²) in [4.78, 5) is 16.8. The number of carbonyl (C=O) groups excluding carboxylic acids is 1. The minimum Gasteiger partial charge on any atom is -0.462 e. The lowest BCUT2D eigenvalue weighted by Gasteiger charge is -2.10. The van der Waals surface area contributed by atoms with Crippen molar-refractivity contribution in [2.24, 2.45) is 0 Å². The number of rotatable bonds is 4. The van der Waals surface area contributed by atoms with Gasteiger partial charge in [-0.3, -0.25) is 4.98 Å². The van der Waals surface area contributed by atoms with E-state index in [-0.39, 0.29) is 5.97 Å². The summed E-state index contributed by atoms with van der Waals surface area (Å²) in [5.41, 5.74) is 3.41. The molecule has 3 nitrogen and oxygen atoms in total. The first kappa shape index (κ1) is 14.3. The SMILES string of the molecule is CCOC(=O)c1ccc(-c2ccccc2Br)nc1C1CC1. The largest absolute Gasteiger partial charge is 0.462 e. The Morgan fingerprint density at radius 2 is 2.05 bits per heavy atom. The summed E-state index contributed by atoms with van der Waals surface area (Å²) in [7, 11) is 0. The lowest BCUT2D eigenvalue weighted by atomic mass is 10.1. The number of nitrogens with zero attached hydrogens (tertiary/aromatic N) is 1. The standard InChI is InChI=1S/C17H16BrNO2/c1-2-21-17(20)13-9-10-15(19-16(13)11-7-8-11)12-5-3-4-6-14(12)18/h3-6,9-11H,2,7-8H2,1H3. The number of esters is 1. The van der Waals surface area contributed by atoms with Gasteiger partial charge in [-0.1, -0.05) is 34.1 Å². The van der Waals surface area contributed by atoms with Crippen molar-refractivity contribution in [3.8, 4) is 11.3 Å². The van der Waals surface area contributed by atoms with Crippen LogP contribution in [0.2, 0.25) is 0 Å². The van der Waals surface area contributed by atoms with Crippen LogP contribution in [0.4, 0.5) is 0 Å². The Morgan fingerprint density at radius 3 is 2.71 bits per heavy atom. The van der Waals surface area contributed by atoms with Crippen molar-refractivity contribution in [1.29, 1.82) is 0 Å². The van der Waals surface area contributed by atoms with Crippen molar-refractivity contribution >= 4 is 21.9 Å². The number of hydrogen-bond donors (Lipinski definition) is 0. The van der Waals surface area contributed by atoms with Crippen LogP contribution >= 0.6 is 15.9 Å². The highest BCUT2D eigenvalue weighted by Gasteiger charge is 2.30. The lowest BCUT2D eigenvalue weighted by Crippen LogP contribution is -2.09. The summed E-state index contributed by atoms with van der Waals surface area (Å²) < 4.78 is 6.13. The van der Waals surface area contributed by atoms with E-state index in [2.05, 4.69) is 15.9 Å². The van der Waals surface area contributed by atoms with E-state index < -0.39 is 0 Å². The molecule has 0 N–H and O–H groups in total. The van der Waals surface area contributed by atoms with Gasteiger partial charge in [0.2, 0.25) is 0 Å². The van der Waals surface area contributed by atoms with Crippen LogP contribution in [0.3, 0.4) is 0 Å². The van der Waals surface area contributed by atoms with Crippen molar-refractivity contribution in [2.75, 3.05) is 6.61 Å². The predicted molar refractivity (Wildman–Crippen MR) is 85.3 cm³/mol. The van der Waals surface area contributed by atoms with Gasteiger partial charge in [0, 0.05) is 16.0 Å². The van der Waals surface area contributed by atoms with Crippen molar-refractivity contribution in [1.82, 2.24) is 4.98 Å². The van der Waals surface area contributed by atoms with Gasteiger partial charge >= 0.3 is 5.97 Å². The minimum absolute atomic E-state index is 0.273. The zero-order valence-electron chi connectivity index (χ0n) is 11.8. The van der Waals surface area contributed by atoms with Gasteiger partial charge in [0.15, 0.2) is 0 Å². The fourth-order valence-corrected chi connectivity index (χ4v) is 2.83. The molecule has 1 fully saturated rings. The van der Waals surface area contributed by atoms with Crippen LogP contribution in [-0.4, -0.2) is 17.6 Å². The normalized spacial score (nSPS) is 14.0. The van der Waals surface area contributed by atoms with E-state index in [1.165, 1.54) is 0 Å². The smallest absolute Gasteiger partial charge is 0.339 e. The second kappa shape index (κ2) is 5.98. The van der Waals surface area contributed by atoms with Gasteiger partial charge in [0.05, 0.1) is 23.6 Å². The molecule has 0 bridgehead atoms. The van der Waals surface area contributed by atoms with Crippen LogP contribution in [-0.2, 0) is 4.74 Å². The van der Waals surface area contributed by atoms with E-state index in [4.69, 9.17) is 9.72 Å². The molecule has 3 rings (SSSR count). The third kappa shape index (κ3) is 3.00. The molecule has 108 valence electrons. The second-order valence-electron chi connectivity index (χ2n) is 5.10. The van der Waals surface area contributed by atoms with E-state index in [9.17, 15) is 4.79 Å². The molecule has 0 aliphatic heterocycles. The van der Waals surface area contributed by atoms with Gasteiger partial charge in [0.25, 0.3) is 0 Å². The molecule has 21 heavy (non-hydrogen) atoms. The first-order valence-electron chi connectivity index (χ1n) is 7.13. The van der Waals surface area contributed by atoms with Crippen LogP contribution < -0.4 is 0 Å². The maximum atomic E-state index is 12.0. The van der Waals surface area contributed by atoms with Gasteiger partial charge in [-0.25, -0.2) is 4.79 Å². The summed E-state index contributed by atoms with van der Waals surface area (Å²) in [6.07, 6.45) is 2.19. The van der Waals surface area contributed by atoms with Gasteiger partial charge < -0.3 is 4.74 Å². The summed E-state index contributed by atoms with van der Waals surface area (Å²) in [6.45, 7) is 2.20. The minimum atomic E-state index is -0.273. The van der Waals surface area contributed by atoms with Crippen molar-refractivity contribution < 1.29 is 9.53 Å². The molecule has 1 heterocycles. The molecule has 0 amide bonds. The van der Waals surface area contributed by atoms with Crippen LogP contribution in [0.15, 0.2) is 40.9 Å². The Morgan fingerprint density at radius 1 is 1.29 bits per heavy atom. The van der Waals surface area contributed by atoms with Crippen molar-refractivity contribution in [3.05, 3.63) is 52.1 Å². The highest BCUT2D eigenvalue weighted by atomic mass is 79.9. The van der Waals surface area contributed by atoms with E-state index in [0.717, 1.165) is 34.3 Å². The maximum absolute atomic E-state index is 12.0. The molecule has 1 aromatic carbocycles. The molecule has 1 aliphatic carbocycles. The van der Waals surface area contributed by atoms with Crippen LogP contribution in [0.5, 0.6) is 0 Å². The Kier molecular flexibility index (Phi) is 4.06. The van der Waals surface area contributed by atoms with Gasteiger partial charge in [-0.05, 0) is 38.0 Å². The van der Waals surface area contributed by atoms with E-state index in [1.54, 1.807) is 0 Å². The molecule has 2 aromatic rings. The molecule has 1 aromatic heterocycles. The molecule has 0 saturated heterocycles. The third-order valence-electron chi connectivity index (χ3n) is 3.53. The number of carbonyl (C=O) groups is 1. The summed E-state index contributed by atoms with van der Waals surface area (Å²) in [5, 5.41) is 0. The van der Waals surface area contributed by atoms with Crippen LogP contribution in [0, 0.1) is 0 Å². The average Bonchev–Trinajstić information content (AvgIpc) is 3.32. The number of halogens is 1. The van der Waals surface area contributed by atoms with Crippen LogP contribution in [0.1, 0.15) is 41.7 Å². The number of hydrogen-bond acceptors (Lipinski definition) is 3. The van der Waals surface area contributed by atoms with Gasteiger partial charge in [-0.15, -0.1) is 0 Å². The molecule has 0 spiro atoms. The predicted octanol–water partition coefficient (Wildman–Crippen LogP) is 4.57. The zero-order valence-corrected chi connectivity index (χ0v) is 13.4. The number of benzene rings is 1. The lowest BCUT2D eigenvalue weighted by molar-refractivity contribution is 0.0524. The van der Waals surface area contributed by atoms with Gasteiger partial charge in [0.1, 0.15) is 0 Å². The Hall–Kier alpha value is -1.68. The summed E-state index contributed by atoms with van der Waals surface area (Å²) in [6, 6.07) is 11.7. The zero-order chi connectivity index (χ0) is 14.8. The highest BCUT2D eigenvalue weighted by molar-refractivity contribution is 9.10. The molecule has 0 unspecified atom stereocenters. The number of ether oxygens (including phenoxy) is 1. The Labute approximate surface area is 132 Å². The van der Waals surface area contributed by atoms with Crippen molar-refractivity contribution in [3.63, 3.8) is 0 Å². The molecule has 1 saturated carbocycles. The van der Waals surface area contributed by atoms with Crippen molar-refractivity contribution in [2.45, 2.75) is 25.7 Å². The third-order valence-corrected chi connectivity index (χ3v) is 4.23.